The number of carbonyl (C=O) groups excluding carboxylic acids is 1. The molecule has 21 heavy (non-hydrogen) atoms. The molecule has 2 heterocycles. The number of aromatic amines is 1. The third-order valence-corrected chi connectivity index (χ3v) is 3.48. The number of hydrogen-bond donors (Lipinski definition) is 2. The van der Waals surface area contributed by atoms with E-state index in [9.17, 15) is 4.79 Å². The van der Waals surface area contributed by atoms with Gasteiger partial charge in [-0.3, -0.25) is 4.79 Å². The number of fused-ring (bicyclic) bond motifs is 1. The van der Waals surface area contributed by atoms with Crippen LogP contribution >= 0.6 is 0 Å². The molecule has 0 spiro atoms. The lowest BCUT2D eigenvalue weighted by Gasteiger charge is -2.05. The first kappa shape index (κ1) is 13.4. The Hall–Kier alpha value is -2.62. The maximum Gasteiger partial charge on any atom is 0.269 e. The van der Waals surface area contributed by atoms with Crippen LogP contribution in [-0.4, -0.2) is 22.4 Å². The molecule has 3 aromatic rings. The molecule has 0 aliphatic heterocycles. The minimum Gasteiger partial charge on any atom is -0.361 e. The second-order valence-electron chi connectivity index (χ2n) is 5.03. The lowest BCUT2D eigenvalue weighted by molar-refractivity contribution is 0.0949. The SMILES string of the molecule is Cc1cccc(C(=O)NCCc2c[nH]c3ccccc23)n1. The van der Waals surface area contributed by atoms with Crippen molar-refractivity contribution in [3.8, 4) is 0 Å². The van der Waals surface area contributed by atoms with Crippen LogP contribution in [0.1, 0.15) is 21.7 Å². The summed E-state index contributed by atoms with van der Waals surface area (Å²) in [5.41, 5.74) is 3.65. The van der Waals surface area contributed by atoms with Crippen molar-refractivity contribution in [2.75, 3.05) is 6.54 Å². The van der Waals surface area contributed by atoms with Crippen LogP contribution in [0.25, 0.3) is 10.9 Å². The number of para-hydroxylation sites is 1. The van der Waals surface area contributed by atoms with Gasteiger partial charge < -0.3 is 10.3 Å². The highest BCUT2D eigenvalue weighted by molar-refractivity contribution is 5.92. The zero-order valence-electron chi connectivity index (χ0n) is 11.9. The molecule has 1 aromatic carbocycles. The molecule has 0 aliphatic rings. The number of nitrogens with one attached hydrogen (secondary N) is 2. The summed E-state index contributed by atoms with van der Waals surface area (Å²) in [6.45, 7) is 2.47. The predicted molar refractivity (Wildman–Crippen MR) is 83.3 cm³/mol. The molecular weight excluding hydrogens is 262 g/mol. The summed E-state index contributed by atoms with van der Waals surface area (Å²) in [5, 5.41) is 4.12. The Labute approximate surface area is 123 Å². The average molecular weight is 279 g/mol. The number of hydrogen-bond acceptors (Lipinski definition) is 2. The van der Waals surface area contributed by atoms with Gasteiger partial charge in [-0.2, -0.15) is 0 Å². The number of H-pyrrole nitrogens is 1. The van der Waals surface area contributed by atoms with Crippen molar-refractivity contribution >= 4 is 16.8 Å². The van der Waals surface area contributed by atoms with Gasteiger partial charge >= 0.3 is 0 Å². The largest absolute Gasteiger partial charge is 0.361 e. The lowest BCUT2D eigenvalue weighted by Crippen LogP contribution is -2.26. The van der Waals surface area contributed by atoms with E-state index in [2.05, 4.69) is 21.4 Å². The zero-order valence-corrected chi connectivity index (χ0v) is 11.9. The molecule has 0 fully saturated rings. The van der Waals surface area contributed by atoms with Gasteiger partial charge in [0.15, 0.2) is 0 Å². The summed E-state index contributed by atoms with van der Waals surface area (Å²) < 4.78 is 0. The molecule has 1 amide bonds. The summed E-state index contributed by atoms with van der Waals surface area (Å²) in [6, 6.07) is 13.6. The van der Waals surface area contributed by atoms with Crippen molar-refractivity contribution in [3.63, 3.8) is 0 Å². The molecule has 0 unspecified atom stereocenters. The van der Waals surface area contributed by atoms with Gasteiger partial charge in [0.2, 0.25) is 0 Å². The summed E-state index contributed by atoms with van der Waals surface area (Å²) in [7, 11) is 0. The number of carbonyl (C=O) groups is 1. The summed E-state index contributed by atoms with van der Waals surface area (Å²) >= 11 is 0. The molecule has 2 N–H and O–H groups in total. The van der Waals surface area contributed by atoms with Crippen molar-refractivity contribution < 1.29 is 4.79 Å². The maximum absolute atomic E-state index is 12.0. The van der Waals surface area contributed by atoms with E-state index in [4.69, 9.17) is 0 Å². The van der Waals surface area contributed by atoms with Crippen LogP contribution in [0.15, 0.2) is 48.7 Å². The van der Waals surface area contributed by atoms with Gasteiger partial charge in [-0.25, -0.2) is 4.98 Å². The van der Waals surface area contributed by atoms with Crippen LogP contribution in [0.5, 0.6) is 0 Å². The molecule has 0 saturated heterocycles. The number of amides is 1. The van der Waals surface area contributed by atoms with E-state index >= 15 is 0 Å². The highest BCUT2D eigenvalue weighted by Crippen LogP contribution is 2.17. The molecule has 2 aromatic heterocycles. The Morgan fingerprint density at radius 2 is 2.05 bits per heavy atom. The third kappa shape index (κ3) is 2.94. The first-order chi connectivity index (χ1) is 10.2. The molecule has 0 radical (unpaired) electrons. The second kappa shape index (κ2) is 5.79. The van der Waals surface area contributed by atoms with Crippen LogP contribution in [0, 0.1) is 6.92 Å². The van der Waals surface area contributed by atoms with Crippen LogP contribution in [-0.2, 0) is 6.42 Å². The topological polar surface area (TPSA) is 57.8 Å². The molecular formula is C17H17N3O. The van der Waals surface area contributed by atoms with Crippen LogP contribution < -0.4 is 5.32 Å². The zero-order chi connectivity index (χ0) is 14.7. The molecule has 3 rings (SSSR count). The van der Waals surface area contributed by atoms with Gasteiger partial charge in [0, 0.05) is 29.3 Å². The minimum atomic E-state index is -0.126. The Bertz CT molecular complexity index is 776. The van der Waals surface area contributed by atoms with Gasteiger partial charge in [0.05, 0.1) is 0 Å². The van der Waals surface area contributed by atoms with E-state index in [0.717, 1.165) is 17.6 Å². The molecule has 0 aliphatic carbocycles. The molecule has 4 nitrogen and oxygen atoms in total. The second-order valence-corrected chi connectivity index (χ2v) is 5.03. The quantitative estimate of drug-likeness (QED) is 0.771. The number of pyridine rings is 1. The van der Waals surface area contributed by atoms with Crippen molar-refractivity contribution in [2.24, 2.45) is 0 Å². The minimum absolute atomic E-state index is 0.126. The number of benzene rings is 1. The fourth-order valence-corrected chi connectivity index (χ4v) is 2.41. The molecule has 106 valence electrons. The number of nitrogens with zero attached hydrogens (tertiary/aromatic N) is 1. The van der Waals surface area contributed by atoms with Gasteiger partial charge in [0.1, 0.15) is 5.69 Å². The smallest absolute Gasteiger partial charge is 0.269 e. The fraction of sp³-hybridized carbons (Fsp3) is 0.176. The Morgan fingerprint density at radius 1 is 1.19 bits per heavy atom. The summed E-state index contributed by atoms with van der Waals surface area (Å²) in [4.78, 5) is 19.5. The van der Waals surface area contributed by atoms with Gasteiger partial charge in [-0.15, -0.1) is 0 Å². The monoisotopic (exact) mass is 279 g/mol. The third-order valence-electron chi connectivity index (χ3n) is 3.48. The van der Waals surface area contributed by atoms with E-state index < -0.39 is 0 Å². The van der Waals surface area contributed by atoms with E-state index in [1.54, 1.807) is 6.07 Å². The lowest BCUT2D eigenvalue weighted by atomic mass is 10.1. The average Bonchev–Trinajstić information content (AvgIpc) is 2.91. The van der Waals surface area contributed by atoms with E-state index in [1.807, 2.05) is 43.5 Å². The first-order valence-electron chi connectivity index (χ1n) is 7.01. The highest BCUT2D eigenvalue weighted by atomic mass is 16.1. The fourth-order valence-electron chi connectivity index (χ4n) is 2.41. The molecule has 0 atom stereocenters. The van der Waals surface area contributed by atoms with E-state index in [1.165, 1.54) is 10.9 Å². The van der Waals surface area contributed by atoms with Gasteiger partial charge in [-0.1, -0.05) is 24.3 Å². The summed E-state index contributed by atoms with van der Waals surface area (Å²) in [5.74, 6) is -0.126. The Balaban J connectivity index is 1.62. The number of aryl methyl sites for hydroxylation is 1. The van der Waals surface area contributed by atoms with Crippen molar-refractivity contribution in [3.05, 3.63) is 65.6 Å². The predicted octanol–water partition coefficient (Wildman–Crippen LogP) is 2.84. The molecule has 0 saturated carbocycles. The Kier molecular flexibility index (Phi) is 3.69. The molecule has 0 bridgehead atoms. The number of aromatic nitrogens is 2. The van der Waals surface area contributed by atoms with Crippen molar-refractivity contribution in [1.82, 2.24) is 15.3 Å². The van der Waals surface area contributed by atoms with Gasteiger partial charge in [-0.05, 0) is 37.1 Å². The standard InChI is InChI=1S/C17H17N3O/c1-12-5-4-8-16(20-12)17(21)18-10-9-13-11-19-15-7-3-2-6-14(13)15/h2-8,11,19H,9-10H2,1H3,(H,18,21). The van der Waals surface area contributed by atoms with Crippen LogP contribution in [0.4, 0.5) is 0 Å². The number of rotatable bonds is 4. The molecule has 4 heteroatoms. The summed E-state index contributed by atoms with van der Waals surface area (Å²) in [6.07, 6.45) is 2.79. The van der Waals surface area contributed by atoms with Crippen molar-refractivity contribution in [1.29, 1.82) is 0 Å². The first-order valence-corrected chi connectivity index (χ1v) is 7.01. The van der Waals surface area contributed by atoms with Crippen molar-refractivity contribution in [2.45, 2.75) is 13.3 Å². The van der Waals surface area contributed by atoms with Crippen LogP contribution in [0.3, 0.4) is 0 Å². The van der Waals surface area contributed by atoms with E-state index in [-0.39, 0.29) is 5.91 Å². The Morgan fingerprint density at radius 3 is 2.90 bits per heavy atom. The van der Waals surface area contributed by atoms with E-state index in [0.29, 0.717) is 12.2 Å². The maximum atomic E-state index is 12.0. The highest BCUT2D eigenvalue weighted by Gasteiger charge is 2.07. The van der Waals surface area contributed by atoms with Crippen LogP contribution in [0.2, 0.25) is 0 Å². The normalized spacial score (nSPS) is 10.7. The van der Waals surface area contributed by atoms with Gasteiger partial charge in [0.25, 0.3) is 5.91 Å².